The van der Waals surface area contributed by atoms with Crippen LogP contribution in [0.2, 0.25) is 0 Å². The predicted molar refractivity (Wildman–Crippen MR) is 180 cm³/mol. The summed E-state index contributed by atoms with van der Waals surface area (Å²) in [7, 11) is 0. The Balaban J connectivity index is 0.875. The number of aliphatic hydroxyl groups is 2. The average Bonchev–Trinajstić information content (AvgIpc) is 3.65. The van der Waals surface area contributed by atoms with Gasteiger partial charge in [-0.3, -0.25) is 4.79 Å². The number of H-pyrrole nitrogens is 1. The van der Waals surface area contributed by atoms with E-state index in [0.29, 0.717) is 68.5 Å². The fourth-order valence-corrected chi connectivity index (χ4v) is 8.15. The first-order valence-corrected chi connectivity index (χ1v) is 17.5. The van der Waals surface area contributed by atoms with Gasteiger partial charge in [0.1, 0.15) is 30.5 Å². The number of aliphatic hydroxyl groups excluding tert-OH is 1. The molecule has 4 heterocycles. The summed E-state index contributed by atoms with van der Waals surface area (Å²) in [6.07, 6.45) is 6.22. The van der Waals surface area contributed by atoms with Crippen LogP contribution in [-0.2, 0) is 19.8 Å². The highest BCUT2D eigenvalue weighted by Crippen LogP contribution is 2.42. The molecule has 256 valence electrons. The third-order valence-electron chi connectivity index (χ3n) is 11.0. The summed E-state index contributed by atoms with van der Waals surface area (Å²) < 4.78 is 19.4. The second-order valence-corrected chi connectivity index (χ2v) is 13.9. The number of phenolic OH excluding ortho intramolecular Hbond substituents is 1. The summed E-state index contributed by atoms with van der Waals surface area (Å²) in [4.78, 5) is 14.3. The van der Waals surface area contributed by atoms with Crippen LogP contribution >= 0.6 is 0 Å². The number of fused-ring (bicyclic) bond motifs is 4. The van der Waals surface area contributed by atoms with Gasteiger partial charge in [0.2, 0.25) is 5.56 Å². The van der Waals surface area contributed by atoms with E-state index in [4.69, 9.17) is 14.2 Å². The van der Waals surface area contributed by atoms with Crippen molar-refractivity contribution in [2.24, 2.45) is 11.8 Å². The number of nitrogens with one attached hydrogen (secondary N) is 2. The molecule has 10 nitrogen and oxygen atoms in total. The van der Waals surface area contributed by atoms with Crippen LogP contribution in [0, 0.1) is 11.8 Å². The minimum Gasteiger partial charge on any atom is -0.506 e. The normalized spacial score (nSPS) is 24.9. The Morgan fingerprint density at radius 2 is 1.68 bits per heavy atom. The van der Waals surface area contributed by atoms with Crippen LogP contribution in [0.1, 0.15) is 55.8 Å². The minimum atomic E-state index is -0.919. The smallest absolute Gasteiger partial charge is 0.248 e. The fraction of sp³-hybridized carbons (Fsp3) is 0.595. The summed E-state index contributed by atoms with van der Waals surface area (Å²) in [6.45, 7) is 7.80. The monoisotopic (exact) mass is 650 g/mol. The van der Waals surface area contributed by atoms with Crippen molar-refractivity contribution in [2.75, 3.05) is 72.3 Å². The molecule has 3 aromatic rings. The molecule has 7 rings (SSSR count). The van der Waals surface area contributed by atoms with Crippen LogP contribution in [0.4, 0.5) is 0 Å². The van der Waals surface area contributed by atoms with Crippen LogP contribution in [0.15, 0.2) is 59.4 Å². The van der Waals surface area contributed by atoms with E-state index in [1.54, 1.807) is 12.1 Å². The molecular weight excluding hydrogens is 598 g/mol. The number of piperidine rings is 3. The SMILES string of the molecule is O=c1ccc2c([C@@H](O)CNCCOCCOCC[N+]34CCC(CC3)[C@@H](OCC(O)(c3ccccc3)C3CCCC3)C4)ccc(O)c2[nH]1. The highest BCUT2D eigenvalue weighted by atomic mass is 16.5. The van der Waals surface area contributed by atoms with Crippen LogP contribution in [0.3, 0.4) is 0 Å². The standard InChI is InChI=1S/C37H51N3O7/c41-32-12-10-30(31-11-13-35(43)39-36(31)32)33(42)24-38-16-20-45-22-23-46-21-19-40-17-14-27(15-18-40)34(25-40)47-26-37(44,29-8-4-5-9-29)28-6-2-1-3-7-28/h1-3,6-7,10-13,27,29,33-34,38,42,44H,4-5,8-9,14-26H2,(H-,39,41,43)/p+1/t27?,33-,34-,37?,40?/m0/s1. The summed E-state index contributed by atoms with van der Waals surface area (Å²) in [5, 5.41) is 36.5. The topological polar surface area (TPSA) is 133 Å². The lowest BCUT2D eigenvalue weighted by Crippen LogP contribution is -2.65. The number of hydrogen-bond donors (Lipinski definition) is 5. The van der Waals surface area contributed by atoms with Crippen molar-refractivity contribution in [3.8, 4) is 5.75 Å². The number of benzene rings is 2. The molecule has 3 atom stereocenters. The molecule has 3 saturated heterocycles. The van der Waals surface area contributed by atoms with E-state index in [1.807, 2.05) is 18.2 Å². The van der Waals surface area contributed by atoms with Crippen molar-refractivity contribution in [1.29, 1.82) is 0 Å². The van der Waals surface area contributed by atoms with Crippen molar-refractivity contribution in [1.82, 2.24) is 10.3 Å². The van der Waals surface area contributed by atoms with E-state index in [-0.39, 0.29) is 23.3 Å². The van der Waals surface area contributed by atoms with E-state index < -0.39 is 11.7 Å². The minimum absolute atomic E-state index is 0.0253. The highest BCUT2D eigenvalue weighted by Gasteiger charge is 2.48. The highest BCUT2D eigenvalue weighted by molar-refractivity contribution is 5.87. The molecule has 5 N–H and O–H groups in total. The third kappa shape index (κ3) is 8.08. The lowest BCUT2D eigenvalue weighted by molar-refractivity contribution is -0.946. The lowest BCUT2D eigenvalue weighted by atomic mass is 9.80. The van der Waals surface area contributed by atoms with Gasteiger partial charge in [-0.1, -0.05) is 49.2 Å². The predicted octanol–water partition coefficient (Wildman–Crippen LogP) is 3.59. The largest absolute Gasteiger partial charge is 0.506 e. The Morgan fingerprint density at radius 1 is 0.936 bits per heavy atom. The van der Waals surface area contributed by atoms with Gasteiger partial charge in [0.25, 0.3) is 0 Å². The van der Waals surface area contributed by atoms with Gasteiger partial charge in [-0.25, -0.2) is 0 Å². The Labute approximate surface area is 277 Å². The Hall–Kier alpha value is -2.83. The number of rotatable bonds is 17. The third-order valence-corrected chi connectivity index (χ3v) is 11.0. The first kappa shape index (κ1) is 34.0. The maximum absolute atomic E-state index is 12.0. The zero-order valence-electron chi connectivity index (χ0n) is 27.4. The zero-order chi connectivity index (χ0) is 32.7. The van der Waals surface area contributed by atoms with Gasteiger partial charge in [-0.05, 0) is 42.0 Å². The Bertz CT molecular complexity index is 1490. The molecule has 2 aromatic carbocycles. The van der Waals surface area contributed by atoms with Crippen molar-refractivity contribution in [3.63, 3.8) is 0 Å². The molecule has 10 heteroatoms. The number of pyridine rings is 1. The van der Waals surface area contributed by atoms with Crippen LogP contribution < -0.4 is 10.9 Å². The molecule has 4 fully saturated rings. The van der Waals surface area contributed by atoms with E-state index in [1.165, 1.54) is 50.9 Å². The molecule has 0 spiro atoms. The quantitative estimate of drug-likeness (QED) is 0.111. The van der Waals surface area contributed by atoms with Gasteiger partial charge in [0.05, 0.1) is 57.7 Å². The molecule has 4 aliphatic rings. The van der Waals surface area contributed by atoms with E-state index in [2.05, 4.69) is 22.4 Å². The van der Waals surface area contributed by atoms with Gasteiger partial charge < -0.3 is 44.3 Å². The summed E-state index contributed by atoms with van der Waals surface area (Å²) >= 11 is 0. The molecule has 1 unspecified atom stereocenters. The lowest BCUT2D eigenvalue weighted by Gasteiger charge is -2.52. The molecular formula is C37H52N3O7+. The summed E-state index contributed by atoms with van der Waals surface area (Å²) in [6, 6.07) is 16.3. The summed E-state index contributed by atoms with van der Waals surface area (Å²) in [5.74, 6) is 0.809. The second kappa shape index (κ2) is 15.6. The fourth-order valence-electron chi connectivity index (χ4n) is 8.15. The van der Waals surface area contributed by atoms with Gasteiger partial charge in [-0.2, -0.15) is 0 Å². The first-order valence-electron chi connectivity index (χ1n) is 17.5. The van der Waals surface area contributed by atoms with Crippen molar-refractivity contribution >= 4 is 10.9 Å². The number of ether oxygens (including phenoxy) is 3. The van der Waals surface area contributed by atoms with Crippen molar-refractivity contribution < 1.29 is 34.0 Å². The molecule has 0 amide bonds. The number of quaternary nitrogens is 1. The molecule has 0 radical (unpaired) electrons. The molecule has 3 aliphatic heterocycles. The van der Waals surface area contributed by atoms with Crippen molar-refractivity contribution in [3.05, 3.63) is 76.1 Å². The first-order chi connectivity index (χ1) is 22.9. The van der Waals surface area contributed by atoms with Gasteiger partial charge >= 0.3 is 0 Å². The van der Waals surface area contributed by atoms with Gasteiger partial charge in [0, 0.05) is 43.3 Å². The number of aromatic nitrogens is 1. The van der Waals surface area contributed by atoms with E-state index >= 15 is 0 Å². The molecule has 1 saturated carbocycles. The Kier molecular flexibility index (Phi) is 11.3. The molecule has 2 bridgehead atoms. The van der Waals surface area contributed by atoms with Gasteiger partial charge in [0.15, 0.2) is 0 Å². The van der Waals surface area contributed by atoms with Gasteiger partial charge in [-0.15, -0.1) is 0 Å². The maximum atomic E-state index is 12.0. The van der Waals surface area contributed by atoms with Crippen LogP contribution in [0.25, 0.3) is 10.9 Å². The Morgan fingerprint density at radius 3 is 2.45 bits per heavy atom. The summed E-state index contributed by atoms with van der Waals surface area (Å²) in [5.41, 5.74) is 0.725. The van der Waals surface area contributed by atoms with Crippen molar-refractivity contribution in [2.45, 2.75) is 56.3 Å². The number of hydrogen-bond acceptors (Lipinski definition) is 8. The second-order valence-electron chi connectivity index (χ2n) is 13.9. The number of nitrogens with zero attached hydrogens (tertiary/aromatic N) is 1. The average molecular weight is 651 g/mol. The van der Waals surface area contributed by atoms with Crippen LogP contribution in [-0.4, -0.2) is 103 Å². The molecule has 1 aromatic heterocycles. The number of aromatic hydroxyl groups is 1. The van der Waals surface area contributed by atoms with E-state index in [9.17, 15) is 20.1 Å². The maximum Gasteiger partial charge on any atom is 0.248 e. The zero-order valence-corrected chi connectivity index (χ0v) is 27.4. The van der Waals surface area contributed by atoms with Crippen LogP contribution in [0.5, 0.6) is 5.75 Å². The molecule has 47 heavy (non-hydrogen) atoms. The number of phenols is 1. The number of aromatic amines is 1. The van der Waals surface area contributed by atoms with E-state index in [0.717, 1.165) is 36.0 Å². The molecule has 1 aliphatic carbocycles.